The Labute approximate surface area is 115 Å². The van der Waals surface area contributed by atoms with E-state index in [0.29, 0.717) is 0 Å². The van der Waals surface area contributed by atoms with E-state index >= 15 is 0 Å². The van der Waals surface area contributed by atoms with Crippen LogP contribution < -0.4 is 15.8 Å². The van der Waals surface area contributed by atoms with Gasteiger partial charge >= 0.3 is 0 Å². The lowest BCUT2D eigenvalue weighted by Gasteiger charge is -2.08. The molecule has 0 bridgehead atoms. The maximum absolute atomic E-state index is 13.5. The number of halogens is 2. The van der Waals surface area contributed by atoms with Crippen molar-refractivity contribution in [2.45, 2.75) is 4.90 Å². The Morgan fingerprint density at radius 1 is 1.47 bits per heavy atom. The van der Waals surface area contributed by atoms with Gasteiger partial charge in [-0.1, -0.05) is 11.6 Å². The van der Waals surface area contributed by atoms with Gasteiger partial charge in [-0.15, -0.1) is 0 Å². The molecule has 0 radical (unpaired) electrons. The predicted octanol–water partition coefficient (Wildman–Crippen LogP) is 0.292. The first kappa shape index (κ1) is 15.7. The van der Waals surface area contributed by atoms with Crippen molar-refractivity contribution < 1.29 is 12.8 Å². The molecule has 1 rings (SSSR count). The number of rotatable bonds is 5. The number of hydrogen-bond donors (Lipinski definition) is 3. The molecule has 0 aliphatic carbocycles. The molecule has 0 saturated carbocycles. The van der Waals surface area contributed by atoms with Crippen LogP contribution in [-0.2, 0) is 10.0 Å². The Morgan fingerprint density at radius 2 is 2.16 bits per heavy atom. The summed E-state index contributed by atoms with van der Waals surface area (Å²) >= 11 is 5.55. The van der Waals surface area contributed by atoms with E-state index in [1.807, 2.05) is 0 Å². The molecule has 0 aromatic heterocycles. The maximum atomic E-state index is 13.5. The van der Waals surface area contributed by atoms with Gasteiger partial charge in [0.05, 0.1) is 0 Å². The van der Waals surface area contributed by atoms with Gasteiger partial charge in [0, 0.05) is 25.2 Å². The van der Waals surface area contributed by atoms with Crippen molar-refractivity contribution in [1.29, 1.82) is 0 Å². The van der Waals surface area contributed by atoms with Crippen LogP contribution in [0.2, 0.25) is 5.02 Å². The Kier molecular flexibility index (Phi) is 5.52. The molecule has 106 valence electrons. The normalized spacial score (nSPS) is 12.5. The number of hydrogen-bond acceptors (Lipinski definition) is 3. The first-order valence-electron chi connectivity index (χ1n) is 5.27. The summed E-state index contributed by atoms with van der Waals surface area (Å²) in [5.41, 5.74) is 5.36. The van der Waals surface area contributed by atoms with Crippen molar-refractivity contribution >= 4 is 27.6 Å². The Bertz CT molecular complexity index is 577. The summed E-state index contributed by atoms with van der Waals surface area (Å²) in [6.45, 7) is 0.276. The number of benzene rings is 1. The van der Waals surface area contributed by atoms with Crippen LogP contribution in [0, 0.1) is 5.82 Å². The van der Waals surface area contributed by atoms with Gasteiger partial charge in [-0.25, -0.2) is 17.5 Å². The molecule has 4 N–H and O–H groups in total. The Morgan fingerprint density at radius 3 is 2.74 bits per heavy atom. The molecule has 1 aromatic rings. The molecular formula is C10H14ClFN4O2S. The molecule has 0 spiro atoms. The fraction of sp³-hybridized carbons (Fsp3) is 0.300. The molecule has 0 unspecified atom stereocenters. The molecule has 6 nitrogen and oxygen atoms in total. The second-order valence-corrected chi connectivity index (χ2v) is 5.68. The molecule has 19 heavy (non-hydrogen) atoms. The average molecular weight is 309 g/mol. The van der Waals surface area contributed by atoms with E-state index in [1.165, 1.54) is 13.1 Å². The van der Waals surface area contributed by atoms with E-state index in [1.54, 1.807) is 0 Å². The van der Waals surface area contributed by atoms with Gasteiger partial charge in [0.2, 0.25) is 10.0 Å². The second kappa shape index (κ2) is 6.69. The van der Waals surface area contributed by atoms with E-state index in [2.05, 4.69) is 15.0 Å². The quantitative estimate of drug-likeness (QED) is 0.414. The van der Waals surface area contributed by atoms with Crippen LogP contribution in [0.25, 0.3) is 0 Å². The van der Waals surface area contributed by atoms with E-state index < -0.39 is 20.7 Å². The highest BCUT2D eigenvalue weighted by atomic mass is 35.5. The van der Waals surface area contributed by atoms with Crippen LogP contribution in [0.15, 0.2) is 28.1 Å². The lowest BCUT2D eigenvalue weighted by molar-refractivity contribution is 0.556. The number of nitrogens with one attached hydrogen (secondary N) is 2. The standard InChI is InChI=1S/C10H14ClFN4O2S/c1-14-10(13)15-4-5-16-19(17,18)9-3-2-7(11)6-8(9)12/h2-3,6,16H,4-5H2,1H3,(H3,13,14,15). The zero-order valence-corrected chi connectivity index (χ0v) is 11.7. The molecule has 0 aliphatic heterocycles. The second-order valence-electron chi connectivity index (χ2n) is 3.51. The third kappa shape index (κ3) is 4.66. The van der Waals surface area contributed by atoms with Gasteiger partial charge < -0.3 is 11.1 Å². The van der Waals surface area contributed by atoms with Crippen molar-refractivity contribution in [2.75, 3.05) is 20.1 Å². The smallest absolute Gasteiger partial charge is 0.243 e. The molecule has 0 aliphatic rings. The zero-order chi connectivity index (χ0) is 14.5. The Balaban J connectivity index is 2.66. The maximum Gasteiger partial charge on any atom is 0.243 e. The molecule has 0 fully saturated rings. The number of sulfonamides is 1. The summed E-state index contributed by atoms with van der Waals surface area (Å²) in [4.78, 5) is 3.19. The highest BCUT2D eigenvalue weighted by Crippen LogP contribution is 2.18. The average Bonchev–Trinajstić information content (AvgIpc) is 2.33. The zero-order valence-electron chi connectivity index (χ0n) is 10.2. The topological polar surface area (TPSA) is 96.6 Å². The minimum absolute atomic E-state index is 0.0423. The fourth-order valence-electron chi connectivity index (χ4n) is 1.23. The van der Waals surface area contributed by atoms with Crippen LogP contribution in [0.3, 0.4) is 0 Å². The van der Waals surface area contributed by atoms with Crippen molar-refractivity contribution in [1.82, 2.24) is 10.0 Å². The monoisotopic (exact) mass is 308 g/mol. The summed E-state index contributed by atoms with van der Waals surface area (Å²) < 4.78 is 39.3. The summed E-state index contributed by atoms with van der Waals surface area (Å²) in [5, 5.41) is 2.80. The molecule has 0 heterocycles. The van der Waals surface area contributed by atoms with E-state index in [0.717, 1.165) is 12.1 Å². The van der Waals surface area contributed by atoms with Gasteiger partial charge in [0.1, 0.15) is 10.7 Å². The van der Waals surface area contributed by atoms with Gasteiger partial charge in [-0.3, -0.25) is 4.99 Å². The summed E-state index contributed by atoms with van der Waals surface area (Å²) in [7, 11) is -2.42. The fourth-order valence-corrected chi connectivity index (χ4v) is 2.47. The summed E-state index contributed by atoms with van der Waals surface area (Å²) in [5.74, 6) is -0.709. The third-order valence-electron chi connectivity index (χ3n) is 2.15. The predicted molar refractivity (Wildman–Crippen MR) is 72.1 cm³/mol. The van der Waals surface area contributed by atoms with Crippen LogP contribution in [0.5, 0.6) is 0 Å². The van der Waals surface area contributed by atoms with Crippen molar-refractivity contribution in [3.05, 3.63) is 29.0 Å². The van der Waals surface area contributed by atoms with Crippen LogP contribution >= 0.6 is 11.6 Å². The van der Waals surface area contributed by atoms with Gasteiger partial charge in [0.25, 0.3) is 0 Å². The minimum atomic E-state index is -3.92. The van der Waals surface area contributed by atoms with Crippen molar-refractivity contribution in [2.24, 2.45) is 10.7 Å². The van der Waals surface area contributed by atoms with E-state index in [4.69, 9.17) is 17.3 Å². The van der Waals surface area contributed by atoms with Gasteiger partial charge in [-0.2, -0.15) is 0 Å². The van der Waals surface area contributed by atoms with Crippen molar-refractivity contribution in [3.63, 3.8) is 0 Å². The third-order valence-corrected chi connectivity index (χ3v) is 3.88. The first-order valence-corrected chi connectivity index (χ1v) is 7.14. The van der Waals surface area contributed by atoms with Gasteiger partial charge in [-0.05, 0) is 18.2 Å². The summed E-state index contributed by atoms with van der Waals surface area (Å²) in [6.07, 6.45) is 0. The van der Waals surface area contributed by atoms with Crippen LogP contribution in [0.1, 0.15) is 0 Å². The number of nitrogens with two attached hydrogens (primary N) is 1. The highest BCUT2D eigenvalue weighted by Gasteiger charge is 2.18. The molecular weight excluding hydrogens is 295 g/mol. The summed E-state index contributed by atoms with van der Waals surface area (Å²) in [6, 6.07) is 3.35. The molecule has 0 amide bonds. The number of aliphatic imine (C=N–C) groups is 1. The molecule has 1 aromatic carbocycles. The van der Waals surface area contributed by atoms with E-state index in [-0.39, 0.29) is 24.1 Å². The highest BCUT2D eigenvalue weighted by molar-refractivity contribution is 7.89. The van der Waals surface area contributed by atoms with Crippen LogP contribution in [0.4, 0.5) is 4.39 Å². The number of nitrogens with zero attached hydrogens (tertiary/aromatic N) is 1. The van der Waals surface area contributed by atoms with Crippen molar-refractivity contribution in [3.8, 4) is 0 Å². The van der Waals surface area contributed by atoms with Crippen LogP contribution in [-0.4, -0.2) is 34.5 Å². The largest absolute Gasteiger partial charge is 0.370 e. The lowest BCUT2D eigenvalue weighted by atomic mass is 10.3. The SMILES string of the molecule is CN=C(N)NCCNS(=O)(=O)c1ccc(Cl)cc1F. The Hall–Kier alpha value is -1.38. The van der Waals surface area contributed by atoms with Gasteiger partial charge in [0.15, 0.2) is 5.96 Å². The molecule has 9 heteroatoms. The minimum Gasteiger partial charge on any atom is -0.370 e. The molecule has 0 atom stereocenters. The molecule has 0 saturated heterocycles. The van der Waals surface area contributed by atoms with E-state index in [9.17, 15) is 12.8 Å². The number of guanidine groups is 1. The first-order chi connectivity index (χ1) is 8.86. The lowest BCUT2D eigenvalue weighted by Crippen LogP contribution is -2.38.